The molecule has 2 rings (SSSR count). The van der Waals surface area contributed by atoms with Crippen LogP contribution in [0.5, 0.6) is 0 Å². The largest absolute Gasteiger partial charge is 0.380 e. The number of piperazine rings is 1. The lowest BCUT2D eigenvalue weighted by molar-refractivity contribution is 0.0372. The third-order valence-corrected chi connectivity index (χ3v) is 5.35. The molecule has 2 fully saturated rings. The van der Waals surface area contributed by atoms with Crippen LogP contribution in [0, 0.1) is 11.8 Å². The van der Waals surface area contributed by atoms with Crippen LogP contribution in [-0.4, -0.2) is 49.8 Å². The van der Waals surface area contributed by atoms with Gasteiger partial charge in [0.1, 0.15) is 0 Å². The van der Waals surface area contributed by atoms with Crippen molar-refractivity contribution in [2.24, 2.45) is 11.8 Å². The lowest BCUT2D eigenvalue weighted by Crippen LogP contribution is -2.60. The van der Waals surface area contributed by atoms with E-state index in [1.165, 1.54) is 38.6 Å². The van der Waals surface area contributed by atoms with E-state index < -0.39 is 0 Å². The quantitative estimate of drug-likeness (QED) is 0.730. The van der Waals surface area contributed by atoms with Crippen molar-refractivity contribution in [2.45, 2.75) is 71.4 Å². The Morgan fingerprint density at radius 3 is 2.57 bits per heavy atom. The minimum Gasteiger partial charge on any atom is -0.380 e. The molecule has 1 saturated heterocycles. The Hall–Kier alpha value is -0.120. The lowest BCUT2D eigenvalue weighted by Gasteiger charge is -2.45. The smallest absolute Gasteiger partial charge is 0.0593 e. The van der Waals surface area contributed by atoms with Gasteiger partial charge in [-0.2, -0.15) is 0 Å². The average Bonchev–Trinajstić information content (AvgIpc) is 2.52. The number of ether oxygens (including phenoxy) is 1. The molecule has 0 aromatic carbocycles. The number of rotatable bonds is 7. The van der Waals surface area contributed by atoms with E-state index in [-0.39, 0.29) is 0 Å². The second-order valence-electron chi connectivity index (χ2n) is 7.33. The van der Waals surface area contributed by atoms with Gasteiger partial charge in [-0.25, -0.2) is 0 Å². The van der Waals surface area contributed by atoms with Crippen molar-refractivity contribution in [3.8, 4) is 0 Å². The zero-order chi connectivity index (χ0) is 15.1. The van der Waals surface area contributed by atoms with E-state index >= 15 is 0 Å². The van der Waals surface area contributed by atoms with E-state index in [1.807, 2.05) is 0 Å². The van der Waals surface area contributed by atoms with Crippen molar-refractivity contribution < 1.29 is 4.74 Å². The van der Waals surface area contributed by atoms with Gasteiger partial charge in [0.05, 0.1) is 6.61 Å². The van der Waals surface area contributed by atoms with E-state index in [2.05, 4.69) is 31.0 Å². The highest BCUT2D eigenvalue weighted by Crippen LogP contribution is 2.29. The zero-order valence-electron chi connectivity index (χ0n) is 14.4. The molecule has 1 heterocycles. The van der Waals surface area contributed by atoms with Crippen LogP contribution in [0.1, 0.15) is 59.3 Å². The van der Waals surface area contributed by atoms with Gasteiger partial charge in [0, 0.05) is 38.3 Å². The molecule has 0 aromatic heterocycles. The van der Waals surface area contributed by atoms with Crippen LogP contribution in [0.2, 0.25) is 0 Å². The van der Waals surface area contributed by atoms with Crippen LogP contribution in [0.3, 0.4) is 0 Å². The maximum absolute atomic E-state index is 5.73. The van der Waals surface area contributed by atoms with E-state index in [4.69, 9.17) is 4.74 Å². The molecular weight excluding hydrogens is 260 g/mol. The van der Waals surface area contributed by atoms with E-state index in [1.54, 1.807) is 0 Å². The maximum atomic E-state index is 5.73. The molecule has 0 spiro atoms. The van der Waals surface area contributed by atoms with Crippen LogP contribution in [0.25, 0.3) is 0 Å². The normalized spacial score (nSPS) is 29.1. The molecule has 124 valence electrons. The van der Waals surface area contributed by atoms with Crippen molar-refractivity contribution in [2.75, 3.05) is 32.8 Å². The molecular formula is C18H36N2O. The van der Waals surface area contributed by atoms with Gasteiger partial charge in [-0.05, 0) is 31.1 Å². The molecule has 0 amide bonds. The number of nitrogens with zero attached hydrogens (tertiary/aromatic N) is 1. The predicted octanol–water partition coefficient (Wildman–Crippen LogP) is 3.29. The third-order valence-electron chi connectivity index (χ3n) is 5.35. The average molecular weight is 296 g/mol. The fourth-order valence-corrected chi connectivity index (χ4v) is 4.05. The summed E-state index contributed by atoms with van der Waals surface area (Å²) in [5.41, 5.74) is 0. The topological polar surface area (TPSA) is 24.5 Å². The van der Waals surface area contributed by atoms with E-state index in [9.17, 15) is 0 Å². The first-order valence-electron chi connectivity index (χ1n) is 9.27. The Labute approximate surface area is 131 Å². The number of hydrogen-bond donors (Lipinski definition) is 1. The highest BCUT2D eigenvalue weighted by Gasteiger charge is 2.33. The molecule has 1 aliphatic carbocycles. The van der Waals surface area contributed by atoms with Gasteiger partial charge in [-0.3, -0.25) is 4.90 Å². The molecule has 2 atom stereocenters. The second-order valence-corrected chi connectivity index (χ2v) is 7.33. The Morgan fingerprint density at radius 1 is 1.14 bits per heavy atom. The van der Waals surface area contributed by atoms with Crippen LogP contribution in [-0.2, 0) is 4.74 Å². The van der Waals surface area contributed by atoms with E-state index in [0.717, 1.165) is 44.6 Å². The first-order valence-corrected chi connectivity index (χ1v) is 9.27. The predicted molar refractivity (Wildman–Crippen MR) is 89.7 cm³/mol. The molecule has 1 saturated carbocycles. The van der Waals surface area contributed by atoms with Crippen LogP contribution < -0.4 is 5.32 Å². The third kappa shape index (κ3) is 5.22. The fraction of sp³-hybridized carbons (Fsp3) is 1.00. The first-order chi connectivity index (χ1) is 10.2. The lowest BCUT2D eigenvalue weighted by atomic mass is 9.82. The SMILES string of the molecule is CCCOCCN1CC(C2CCCCC2)NCC1C(C)C. The van der Waals surface area contributed by atoms with Crippen molar-refractivity contribution in [1.82, 2.24) is 10.2 Å². The Bertz CT molecular complexity index is 276. The Balaban J connectivity index is 1.84. The summed E-state index contributed by atoms with van der Waals surface area (Å²) in [7, 11) is 0. The summed E-state index contributed by atoms with van der Waals surface area (Å²) in [6.07, 6.45) is 8.33. The summed E-state index contributed by atoms with van der Waals surface area (Å²) in [6, 6.07) is 1.39. The summed E-state index contributed by atoms with van der Waals surface area (Å²) < 4.78 is 5.73. The van der Waals surface area contributed by atoms with Gasteiger partial charge in [-0.15, -0.1) is 0 Å². The fourth-order valence-electron chi connectivity index (χ4n) is 4.05. The molecule has 2 aliphatic rings. The van der Waals surface area contributed by atoms with Crippen molar-refractivity contribution >= 4 is 0 Å². The van der Waals surface area contributed by atoms with Crippen molar-refractivity contribution in [3.05, 3.63) is 0 Å². The van der Waals surface area contributed by atoms with Crippen LogP contribution in [0.4, 0.5) is 0 Å². The first kappa shape index (κ1) is 17.2. The monoisotopic (exact) mass is 296 g/mol. The molecule has 0 radical (unpaired) electrons. The van der Waals surface area contributed by atoms with E-state index in [0.29, 0.717) is 12.1 Å². The van der Waals surface area contributed by atoms with Gasteiger partial charge in [0.15, 0.2) is 0 Å². The highest BCUT2D eigenvalue weighted by molar-refractivity contribution is 4.91. The molecule has 21 heavy (non-hydrogen) atoms. The maximum Gasteiger partial charge on any atom is 0.0593 e. The van der Waals surface area contributed by atoms with Gasteiger partial charge in [0.2, 0.25) is 0 Å². The molecule has 3 nitrogen and oxygen atoms in total. The number of hydrogen-bond acceptors (Lipinski definition) is 3. The van der Waals surface area contributed by atoms with Gasteiger partial charge >= 0.3 is 0 Å². The Kier molecular flexibility index (Phi) is 7.48. The zero-order valence-corrected chi connectivity index (χ0v) is 14.4. The van der Waals surface area contributed by atoms with Gasteiger partial charge < -0.3 is 10.1 Å². The molecule has 0 bridgehead atoms. The standard InChI is InChI=1S/C18H36N2O/c1-4-11-21-12-10-20-14-17(16-8-6-5-7-9-16)19-13-18(20)15(2)3/h15-19H,4-14H2,1-3H3. The molecule has 3 heteroatoms. The Morgan fingerprint density at radius 2 is 1.90 bits per heavy atom. The van der Waals surface area contributed by atoms with Crippen LogP contribution >= 0.6 is 0 Å². The van der Waals surface area contributed by atoms with Gasteiger partial charge in [0.25, 0.3) is 0 Å². The summed E-state index contributed by atoms with van der Waals surface area (Å²) >= 11 is 0. The molecule has 0 aromatic rings. The van der Waals surface area contributed by atoms with Gasteiger partial charge in [-0.1, -0.05) is 40.0 Å². The number of nitrogens with one attached hydrogen (secondary N) is 1. The second kappa shape index (κ2) is 9.12. The summed E-state index contributed by atoms with van der Waals surface area (Å²) in [5.74, 6) is 1.63. The molecule has 2 unspecified atom stereocenters. The highest BCUT2D eigenvalue weighted by atomic mass is 16.5. The molecule has 1 aliphatic heterocycles. The minimum atomic E-state index is 0.676. The molecule has 1 N–H and O–H groups in total. The summed E-state index contributed by atoms with van der Waals surface area (Å²) in [6.45, 7) is 12.2. The van der Waals surface area contributed by atoms with Crippen molar-refractivity contribution in [3.63, 3.8) is 0 Å². The minimum absolute atomic E-state index is 0.676. The summed E-state index contributed by atoms with van der Waals surface area (Å²) in [5, 5.41) is 3.87. The van der Waals surface area contributed by atoms with Crippen molar-refractivity contribution in [1.29, 1.82) is 0 Å². The van der Waals surface area contributed by atoms with Crippen LogP contribution in [0.15, 0.2) is 0 Å². The summed E-state index contributed by atoms with van der Waals surface area (Å²) in [4.78, 5) is 2.70.